The van der Waals surface area contributed by atoms with Gasteiger partial charge in [-0.05, 0) is 26.8 Å². The van der Waals surface area contributed by atoms with Crippen molar-refractivity contribution in [3.05, 3.63) is 34.2 Å². The van der Waals surface area contributed by atoms with E-state index in [1.165, 1.54) is 22.8 Å². The summed E-state index contributed by atoms with van der Waals surface area (Å²) >= 11 is 0. The maximum absolute atomic E-state index is 11.5. The predicted molar refractivity (Wildman–Crippen MR) is 63.4 cm³/mol. The van der Waals surface area contributed by atoms with Gasteiger partial charge in [-0.2, -0.15) is 0 Å². The quantitative estimate of drug-likeness (QED) is 0.861. The number of carboxylic acid groups (broad SMARTS) is 1. The first-order chi connectivity index (χ1) is 7.81. The van der Waals surface area contributed by atoms with E-state index in [1.54, 1.807) is 0 Å². The predicted octanol–water partition coefficient (Wildman–Crippen LogP) is 1.36. The molecule has 0 aromatic carbocycles. The van der Waals surface area contributed by atoms with E-state index in [0.29, 0.717) is 6.61 Å². The molecule has 0 aliphatic rings. The van der Waals surface area contributed by atoms with Gasteiger partial charge >= 0.3 is 5.97 Å². The summed E-state index contributed by atoms with van der Waals surface area (Å²) in [6.07, 6.45) is 0. The Morgan fingerprint density at radius 1 is 1.41 bits per heavy atom. The molecule has 0 aliphatic carbocycles. The highest BCUT2D eigenvalue weighted by Crippen LogP contribution is 2.06. The van der Waals surface area contributed by atoms with Crippen molar-refractivity contribution >= 4 is 5.97 Å². The standard InChI is InChI=1S/C12H17NO4/c1-12(2,3)17-8-7-13-9(11(15)16)5-4-6-10(13)14/h4-6H,7-8H2,1-3H3,(H,15,16). The molecule has 0 saturated heterocycles. The molecule has 1 rings (SSSR count). The summed E-state index contributed by atoms with van der Waals surface area (Å²) in [5.41, 5.74) is -0.653. The smallest absolute Gasteiger partial charge is 0.352 e. The molecule has 94 valence electrons. The van der Waals surface area contributed by atoms with Crippen LogP contribution in [0.1, 0.15) is 31.3 Å². The average Bonchev–Trinajstić information content (AvgIpc) is 2.18. The van der Waals surface area contributed by atoms with E-state index in [-0.39, 0.29) is 23.4 Å². The molecule has 1 aromatic heterocycles. The summed E-state index contributed by atoms with van der Waals surface area (Å²) in [7, 11) is 0. The molecule has 1 aromatic rings. The van der Waals surface area contributed by atoms with Gasteiger partial charge in [0.2, 0.25) is 0 Å². The van der Waals surface area contributed by atoms with E-state index in [0.717, 1.165) is 0 Å². The van der Waals surface area contributed by atoms with Crippen LogP contribution >= 0.6 is 0 Å². The summed E-state index contributed by atoms with van der Waals surface area (Å²) in [4.78, 5) is 22.5. The third-order valence-corrected chi connectivity index (χ3v) is 2.12. The second-order valence-electron chi connectivity index (χ2n) is 4.67. The number of ether oxygens (including phenoxy) is 1. The van der Waals surface area contributed by atoms with Crippen molar-refractivity contribution in [2.24, 2.45) is 0 Å². The summed E-state index contributed by atoms with van der Waals surface area (Å²) in [6, 6.07) is 4.18. The average molecular weight is 239 g/mol. The number of pyridine rings is 1. The Labute approximate surface area is 99.6 Å². The van der Waals surface area contributed by atoms with Crippen LogP contribution in [0, 0.1) is 0 Å². The van der Waals surface area contributed by atoms with Crippen LogP contribution in [0.5, 0.6) is 0 Å². The van der Waals surface area contributed by atoms with Crippen molar-refractivity contribution in [1.82, 2.24) is 4.57 Å². The fourth-order valence-electron chi connectivity index (χ4n) is 1.38. The van der Waals surface area contributed by atoms with Crippen molar-refractivity contribution in [1.29, 1.82) is 0 Å². The maximum Gasteiger partial charge on any atom is 0.352 e. The molecule has 0 amide bonds. The van der Waals surface area contributed by atoms with Gasteiger partial charge in [-0.15, -0.1) is 0 Å². The first-order valence-electron chi connectivity index (χ1n) is 5.38. The molecule has 0 radical (unpaired) electrons. The lowest BCUT2D eigenvalue weighted by atomic mass is 10.2. The molecule has 1 N–H and O–H groups in total. The highest BCUT2D eigenvalue weighted by Gasteiger charge is 2.13. The number of hydrogen-bond acceptors (Lipinski definition) is 3. The van der Waals surface area contributed by atoms with E-state index >= 15 is 0 Å². The molecule has 1 heterocycles. The SMILES string of the molecule is CC(C)(C)OCCn1c(C(=O)O)cccc1=O. The number of rotatable bonds is 4. The molecular weight excluding hydrogens is 222 g/mol. The first kappa shape index (κ1) is 13.4. The van der Waals surface area contributed by atoms with E-state index in [2.05, 4.69) is 0 Å². The normalized spacial score (nSPS) is 11.5. The molecule has 0 fully saturated rings. The molecule has 0 bridgehead atoms. The molecule has 5 nitrogen and oxygen atoms in total. The second-order valence-corrected chi connectivity index (χ2v) is 4.67. The minimum atomic E-state index is -1.11. The minimum Gasteiger partial charge on any atom is -0.477 e. The van der Waals surface area contributed by atoms with Gasteiger partial charge in [0.05, 0.1) is 12.2 Å². The van der Waals surface area contributed by atoms with Crippen molar-refractivity contribution in [2.45, 2.75) is 32.9 Å². The highest BCUT2D eigenvalue weighted by molar-refractivity contribution is 5.85. The third kappa shape index (κ3) is 4.03. The lowest BCUT2D eigenvalue weighted by Crippen LogP contribution is -2.29. The van der Waals surface area contributed by atoms with Gasteiger partial charge < -0.3 is 14.4 Å². The van der Waals surface area contributed by atoms with Crippen LogP contribution in [0.2, 0.25) is 0 Å². The largest absolute Gasteiger partial charge is 0.477 e. The van der Waals surface area contributed by atoms with Gasteiger partial charge in [0, 0.05) is 12.6 Å². The molecule has 17 heavy (non-hydrogen) atoms. The zero-order valence-electron chi connectivity index (χ0n) is 10.3. The fourth-order valence-corrected chi connectivity index (χ4v) is 1.38. The van der Waals surface area contributed by atoms with Crippen LogP contribution < -0.4 is 5.56 Å². The van der Waals surface area contributed by atoms with Crippen molar-refractivity contribution < 1.29 is 14.6 Å². The van der Waals surface area contributed by atoms with E-state index in [9.17, 15) is 9.59 Å². The Kier molecular flexibility index (Phi) is 4.07. The van der Waals surface area contributed by atoms with Gasteiger partial charge in [0.15, 0.2) is 0 Å². The van der Waals surface area contributed by atoms with Crippen molar-refractivity contribution in [2.75, 3.05) is 6.61 Å². The van der Waals surface area contributed by atoms with Gasteiger partial charge in [0.25, 0.3) is 5.56 Å². The molecular formula is C12H17NO4. The fraction of sp³-hybridized carbons (Fsp3) is 0.500. The Bertz CT molecular complexity index is 456. The van der Waals surface area contributed by atoms with Gasteiger partial charge in [0.1, 0.15) is 5.69 Å². The molecule has 0 saturated carbocycles. The van der Waals surface area contributed by atoms with Crippen LogP contribution in [0.15, 0.2) is 23.0 Å². The van der Waals surface area contributed by atoms with Crippen molar-refractivity contribution in [3.63, 3.8) is 0 Å². The Hall–Kier alpha value is -1.62. The number of aromatic nitrogens is 1. The number of nitrogens with zero attached hydrogens (tertiary/aromatic N) is 1. The van der Waals surface area contributed by atoms with Crippen LogP contribution in [-0.4, -0.2) is 27.9 Å². The lowest BCUT2D eigenvalue weighted by molar-refractivity contribution is -0.00739. The first-order valence-corrected chi connectivity index (χ1v) is 5.38. The Morgan fingerprint density at radius 3 is 2.59 bits per heavy atom. The zero-order valence-corrected chi connectivity index (χ0v) is 10.3. The number of hydrogen-bond donors (Lipinski definition) is 1. The summed E-state index contributed by atoms with van der Waals surface area (Å²) in [5, 5.41) is 8.95. The molecule has 0 spiro atoms. The molecule has 5 heteroatoms. The number of carbonyl (C=O) groups is 1. The molecule has 0 unspecified atom stereocenters. The van der Waals surface area contributed by atoms with E-state index in [4.69, 9.17) is 9.84 Å². The minimum absolute atomic E-state index is 0.0185. The Morgan fingerprint density at radius 2 is 2.06 bits per heavy atom. The van der Waals surface area contributed by atoms with Crippen LogP contribution in [0.3, 0.4) is 0 Å². The van der Waals surface area contributed by atoms with E-state index < -0.39 is 5.97 Å². The highest BCUT2D eigenvalue weighted by atomic mass is 16.5. The number of carboxylic acids is 1. The summed E-state index contributed by atoms with van der Waals surface area (Å²) < 4.78 is 6.67. The lowest BCUT2D eigenvalue weighted by Gasteiger charge is -2.20. The second kappa shape index (κ2) is 5.14. The van der Waals surface area contributed by atoms with Crippen molar-refractivity contribution in [3.8, 4) is 0 Å². The molecule has 0 atom stereocenters. The van der Waals surface area contributed by atoms with Crippen LogP contribution in [0.4, 0.5) is 0 Å². The van der Waals surface area contributed by atoms with Gasteiger partial charge in [-0.3, -0.25) is 4.79 Å². The van der Waals surface area contributed by atoms with E-state index in [1.807, 2.05) is 20.8 Å². The van der Waals surface area contributed by atoms with Crippen LogP contribution in [0.25, 0.3) is 0 Å². The van der Waals surface area contributed by atoms with Gasteiger partial charge in [-0.1, -0.05) is 6.07 Å². The third-order valence-electron chi connectivity index (χ3n) is 2.12. The van der Waals surface area contributed by atoms with Gasteiger partial charge in [-0.25, -0.2) is 4.79 Å². The summed E-state index contributed by atoms with van der Waals surface area (Å²) in [6.45, 7) is 6.24. The summed E-state index contributed by atoms with van der Waals surface area (Å²) in [5.74, 6) is -1.11. The molecule has 0 aliphatic heterocycles. The monoisotopic (exact) mass is 239 g/mol. The zero-order chi connectivity index (χ0) is 13.1. The Balaban J connectivity index is 2.83. The topological polar surface area (TPSA) is 68.5 Å². The number of aromatic carboxylic acids is 1. The maximum atomic E-state index is 11.5. The van der Waals surface area contributed by atoms with Crippen LogP contribution in [-0.2, 0) is 11.3 Å².